The van der Waals surface area contributed by atoms with E-state index < -0.39 is 12.8 Å². The average molecular weight is 425 g/mol. The van der Waals surface area contributed by atoms with Crippen molar-refractivity contribution in [2.45, 2.75) is 25.7 Å². The number of para-hydroxylation sites is 2. The third kappa shape index (κ3) is 8.10. The van der Waals surface area contributed by atoms with E-state index in [1.54, 1.807) is 26.3 Å². The number of nitrogens with one attached hydrogen (secondary N) is 2. The second-order valence-electron chi connectivity index (χ2n) is 6.43. The highest BCUT2D eigenvalue weighted by molar-refractivity contribution is 5.79. The molecule has 0 aromatic heterocycles. The summed E-state index contributed by atoms with van der Waals surface area (Å²) in [5.74, 6) is 2.06. The van der Waals surface area contributed by atoms with Crippen molar-refractivity contribution in [3.63, 3.8) is 0 Å². The predicted octanol–water partition coefficient (Wildman–Crippen LogP) is 3.77. The van der Waals surface area contributed by atoms with E-state index >= 15 is 0 Å². The number of ether oxygens (including phenoxy) is 3. The lowest BCUT2D eigenvalue weighted by atomic mass is 10.2. The minimum Gasteiger partial charge on any atom is -0.493 e. The highest BCUT2D eigenvalue weighted by Crippen LogP contribution is 2.26. The molecule has 0 amide bonds. The van der Waals surface area contributed by atoms with E-state index in [0.717, 1.165) is 5.56 Å². The first-order valence-corrected chi connectivity index (χ1v) is 9.33. The molecule has 0 fully saturated rings. The molecule has 30 heavy (non-hydrogen) atoms. The number of hydrogen-bond acceptors (Lipinski definition) is 4. The van der Waals surface area contributed by atoms with Crippen molar-refractivity contribution in [3.8, 4) is 17.2 Å². The molecule has 0 spiro atoms. The number of methoxy groups -OCH3 is 1. The van der Waals surface area contributed by atoms with Crippen molar-refractivity contribution in [3.05, 3.63) is 54.1 Å². The van der Waals surface area contributed by atoms with Crippen LogP contribution in [0.2, 0.25) is 0 Å². The summed E-state index contributed by atoms with van der Waals surface area (Å²) in [6.07, 6.45) is -4.50. The van der Waals surface area contributed by atoms with Gasteiger partial charge in [-0.3, -0.25) is 4.99 Å². The average Bonchev–Trinajstić information content (AvgIpc) is 2.73. The first-order valence-electron chi connectivity index (χ1n) is 9.33. The van der Waals surface area contributed by atoms with Crippen LogP contribution in [0, 0.1) is 0 Å². The SMILES string of the molecule is CN=C(NCc1ccc(OCC(F)(F)F)cc1)NCC(C)Oc1ccccc1OC. The van der Waals surface area contributed by atoms with Gasteiger partial charge in [0.15, 0.2) is 24.1 Å². The fourth-order valence-corrected chi connectivity index (χ4v) is 2.49. The minimum absolute atomic E-state index is 0.148. The van der Waals surface area contributed by atoms with E-state index in [4.69, 9.17) is 14.2 Å². The lowest BCUT2D eigenvalue weighted by Crippen LogP contribution is -2.41. The Morgan fingerprint density at radius 1 is 1.03 bits per heavy atom. The Labute approximate surface area is 174 Å². The monoisotopic (exact) mass is 425 g/mol. The summed E-state index contributed by atoms with van der Waals surface area (Å²) in [7, 11) is 3.24. The van der Waals surface area contributed by atoms with Gasteiger partial charge in [-0.25, -0.2) is 0 Å². The summed E-state index contributed by atoms with van der Waals surface area (Å²) < 4.78 is 52.4. The molecule has 6 nitrogen and oxygen atoms in total. The molecule has 2 aromatic carbocycles. The third-order valence-corrected chi connectivity index (χ3v) is 3.96. The van der Waals surface area contributed by atoms with Crippen LogP contribution < -0.4 is 24.8 Å². The molecule has 0 radical (unpaired) electrons. The molecule has 2 aromatic rings. The van der Waals surface area contributed by atoms with E-state index in [1.807, 2.05) is 31.2 Å². The maximum absolute atomic E-state index is 12.2. The second-order valence-corrected chi connectivity index (χ2v) is 6.43. The number of nitrogens with zero attached hydrogens (tertiary/aromatic N) is 1. The van der Waals surface area contributed by atoms with E-state index in [9.17, 15) is 13.2 Å². The zero-order valence-corrected chi connectivity index (χ0v) is 17.1. The number of guanidine groups is 1. The fourth-order valence-electron chi connectivity index (χ4n) is 2.49. The van der Waals surface area contributed by atoms with E-state index in [1.165, 1.54) is 12.1 Å². The van der Waals surface area contributed by atoms with Crippen LogP contribution in [0.1, 0.15) is 12.5 Å². The smallest absolute Gasteiger partial charge is 0.422 e. The zero-order chi connectivity index (χ0) is 22.0. The van der Waals surface area contributed by atoms with Gasteiger partial charge in [0, 0.05) is 13.6 Å². The zero-order valence-electron chi connectivity index (χ0n) is 17.1. The molecule has 9 heteroatoms. The van der Waals surface area contributed by atoms with Crippen LogP contribution in [-0.4, -0.2) is 45.5 Å². The Hall–Kier alpha value is -3.10. The number of rotatable bonds is 9. The van der Waals surface area contributed by atoms with Crippen LogP contribution in [0.5, 0.6) is 17.2 Å². The molecule has 0 aliphatic carbocycles. The molecule has 0 aliphatic rings. The summed E-state index contributed by atoms with van der Waals surface area (Å²) in [5, 5.41) is 6.31. The Kier molecular flexibility index (Phi) is 8.64. The first-order chi connectivity index (χ1) is 14.3. The van der Waals surface area contributed by atoms with E-state index in [2.05, 4.69) is 15.6 Å². The molecule has 164 valence electrons. The van der Waals surface area contributed by atoms with Crippen molar-refractivity contribution >= 4 is 5.96 Å². The Balaban J connectivity index is 1.78. The summed E-state index contributed by atoms with van der Waals surface area (Å²) in [6.45, 7) is 1.56. The quantitative estimate of drug-likeness (QED) is 0.473. The second kappa shape index (κ2) is 11.2. The summed E-state index contributed by atoms with van der Waals surface area (Å²) in [4.78, 5) is 4.15. The van der Waals surface area contributed by atoms with Gasteiger partial charge in [-0.05, 0) is 36.8 Å². The van der Waals surface area contributed by atoms with Crippen molar-refractivity contribution in [2.75, 3.05) is 27.3 Å². The molecule has 0 bridgehead atoms. The van der Waals surface area contributed by atoms with Crippen molar-refractivity contribution in [2.24, 2.45) is 4.99 Å². The molecule has 2 rings (SSSR count). The van der Waals surface area contributed by atoms with Crippen LogP contribution in [0.3, 0.4) is 0 Å². The number of aliphatic imine (C=N–C) groups is 1. The molecule has 2 N–H and O–H groups in total. The van der Waals surface area contributed by atoms with Crippen LogP contribution in [0.15, 0.2) is 53.5 Å². The lowest BCUT2D eigenvalue weighted by molar-refractivity contribution is -0.153. The molecule has 0 saturated heterocycles. The normalized spacial score (nSPS) is 12.8. The first kappa shape index (κ1) is 23.2. The maximum atomic E-state index is 12.2. The molecular weight excluding hydrogens is 399 g/mol. The third-order valence-electron chi connectivity index (χ3n) is 3.96. The van der Waals surface area contributed by atoms with Crippen molar-refractivity contribution in [1.82, 2.24) is 10.6 Å². The van der Waals surface area contributed by atoms with Gasteiger partial charge in [-0.15, -0.1) is 0 Å². The van der Waals surface area contributed by atoms with Gasteiger partial charge >= 0.3 is 6.18 Å². The summed E-state index contributed by atoms with van der Waals surface area (Å²) >= 11 is 0. The molecule has 0 aliphatic heterocycles. The highest BCUT2D eigenvalue weighted by atomic mass is 19.4. The van der Waals surface area contributed by atoms with Gasteiger partial charge < -0.3 is 24.8 Å². The van der Waals surface area contributed by atoms with E-state index in [0.29, 0.717) is 30.5 Å². The van der Waals surface area contributed by atoms with Crippen LogP contribution >= 0.6 is 0 Å². The molecule has 1 unspecified atom stereocenters. The lowest BCUT2D eigenvalue weighted by Gasteiger charge is -2.19. The van der Waals surface area contributed by atoms with Crippen LogP contribution in [0.4, 0.5) is 13.2 Å². The fraction of sp³-hybridized carbons (Fsp3) is 0.381. The molecule has 0 saturated carbocycles. The topological polar surface area (TPSA) is 64.1 Å². The maximum Gasteiger partial charge on any atom is 0.422 e. The Bertz CT molecular complexity index is 811. The van der Waals surface area contributed by atoms with Gasteiger partial charge in [0.1, 0.15) is 11.9 Å². The number of halogens is 3. The van der Waals surface area contributed by atoms with Gasteiger partial charge in [-0.1, -0.05) is 24.3 Å². The number of alkyl halides is 3. The van der Waals surface area contributed by atoms with Crippen molar-refractivity contribution < 1.29 is 27.4 Å². The van der Waals surface area contributed by atoms with Crippen LogP contribution in [-0.2, 0) is 6.54 Å². The van der Waals surface area contributed by atoms with Crippen molar-refractivity contribution in [1.29, 1.82) is 0 Å². The molecule has 1 atom stereocenters. The highest BCUT2D eigenvalue weighted by Gasteiger charge is 2.28. The minimum atomic E-state index is -4.36. The van der Waals surface area contributed by atoms with Crippen LogP contribution in [0.25, 0.3) is 0 Å². The Morgan fingerprint density at radius 3 is 2.30 bits per heavy atom. The van der Waals surface area contributed by atoms with Gasteiger partial charge in [-0.2, -0.15) is 13.2 Å². The van der Waals surface area contributed by atoms with Gasteiger partial charge in [0.2, 0.25) is 0 Å². The summed E-state index contributed by atoms with van der Waals surface area (Å²) in [5.41, 5.74) is 0.871. The number of benzene rings is 2. The predicted molar refractivity (Wildman–Crippen MR) is 109 cm³/mol. The number of hydrogen-bond donors (Lipinski definition) is 2. The standard InChI is InChI=1S/C21H26F3N3O3/c1-15(30-19-7-5-4-6-18(19)28-3)12-26-20(25-2)27-13-16-8-10-17(11-9-16)29-14-21(22,23)24/h4-11,15H,12-14H2,1-3H3,(H2,25,26,27). The summed E-state index contributed by atoms with van der Waals surface area (Å²) in [6, 6.07) is 13.8. The van der Waals surface area contributed by atoms with E-state index in [-0.39, 0.29) is 11.9 Å². The molecule has 0 heterocycles. The van der Waals surface area contributed by atoms with Gasteiger partial charge in [0.05, 0.1) is 13.7 Å². The molecular formula is C21H26F3N3O3. The Morgan fingerprint density at radius 2 is 1.70 bits per heavy atom. The largest absolute Gasteiger partial charge is 0.493 e. The van der Waals surface area contributed by atoms with Gasteiger partial charge in [0.25, 0.3) is 0 Å².